The molecule has 1 unspecified atom stereocenters. The fourth-order valence-electron chi connectivity index (χ4n) is 4.36. The van der Waals surface area contributed by atoms with E-state index in [0.29, 0.717) is 5.92 Å². The predicted octanol–water partition coefficient (Wildman–Crippen LogP) is 6.84. The molecule has 2 aliphatic rings. The Morgan fingerprint density at radius 3 is 2.58 bits per heavy atom. The third-order valence-corrected chi connectivity index (χ3v) is 5.75. The van der Waals surface area contributed by atoms with Gasteiger partial charge in [0.1, 0.15) is 0 Å². The molecule has 2 aliphatic carbocycles. The van der Waals surface area contributed by atoms with Crippen molar-refractivity contribution in [1.82, 2.24) is 0 Å². The van der Waals surface area contributed by atoms with Crippen LogP contribution in [0.1, 0.15) is 35.4 Å². The van der Waals surface area contributed by atoms with Gasteiger partial charge in [-0.3, -0.25) is 0 Å². The minimum Gasteiger partial charge on any atom is -0.0836 e. The Hall–Kier alpha value is -2.86. The van der Waals surface area contributed by atoms with Crippen molar-refractivity contribution in [3.8, 4) is 0 Å². The van der Waals surface area contributed by atoms with Crippen LogP contribution in [0, 0.1) is 0 Å². The zero-order chi connectivity index (χ0) is 17.3. The fourth-order valence-corrected chi connectivity index (χ4v) is 4.36. The van der Waals surface area contributed by atoms with Gasteiger partial charge in [0.15, 0.2) is 0 Å². The molecule has 1 atom stereocenters. The SMILES string of the molecule is C1=CCC(c2ccc3ccccc3c2)C(C2=Cc3ccccc3CC2)=C1. The highest BCUT2D eigenvalue weighted by molar-refractivity contribution is 5.83. The van der Waals surface area contributed by atoms with Crippen molar-refractivity contribution in [2.75, 3.05) is 0 Å². The van der Waals surface area contributed by atoms with Gasteiger partial charge in [0.2, 0.25) is 0 Å². The molecule has 0 saturated carbocycles. The predicted molar refractivity (Wildman–Crippen MR) is 111 cm³/mol. The van der Waals surface area contributed by atoms with Gasteiger partial charge in [-0.05, 0) is 57.9 Å². The summed E-state index contributed by atoms with van der Waals surface area (Å²) in [6.07, 6.45) is 12.7. The second-order valence-electron chi connectivity index (χ2n) is 7.31. The van der Waals surface area contributed by atoms with Gasteiger partial charge >= 0.3 is 0 Å². The molecule has 3 aromatic rings. The van der Waals surface area contributed by atoms with Crippen LogP contribution in [0.3, 0.4) is 0 Å². The number of hydrogen-bond acceptors (Lipinski definition) is 0. The lowest BCUT2D eigenvalue weighted by Crippen LogP contribution is -2.10. The van der Waals surface area contributed by atoms with Crippen molar-refractivity contribution in [3.63, 3.8) is 0 Å². The van der Waals surface area contributed by atoms with E-state index in [9.17, 15) is 0 Å². The largest absolute Gasteiger partial charge is 0.0836 e. The van der Waals surface area contributed by atoms with Gasteiger partial charge in [0.05, 0.1) is 0 Å². The molecule has 0 N–H and O–H groups in total. The average Bonchev–Trinajstić information content (AvgIpc) is 2.73. The summed E-state index contributed by atoms with van der Waals surface area (Å²) in [4.78, 5) is 0. The molecule has 0 heterocycles. The van der Waals surface area contributed by atoms with Crippen LogP contribution in [0.2, 0.25) is 0 Å². The summed E-state index contributed by atoms with van der Waals surface area (Å²) in [6.45, 7) is 0. The second-order valence-corrected chi connectivity index (χ2v) is 7.31. The quantitative estimate of drug-likeness (QED) is 0.481. The lowest BCUT2D eigenvalue weighted by Gasteiger charge is -2.27. The maximum absolute atomic E-state index is 2.41. The smallest absolute Gasteiger partial charge is 0.0127 e. The van der Waals surface area contributed by atoms with Gasteiger partial charge in [-0.2, -0.15) is 0 Å². The monoisotopic (exact) mass is 334 g/mol. The van der Waals surface area contributed by atoms with E-state index < -0.39 is 0 Å². The van der Waals surface area contributed by atoms with E-state index in [2.05, 4.69) is 91.0 Å². The molecule has 5 rings (SSSR count). The van der Waals surface area contributed by atoms with Gasteiger partial charge in [0.25, 0.3) is 0 Å². The number of fused-ring (bicyclic) bond motifs is 2. The highest BCUT2D eigenvalue weighted by atomic mass is 14.3. The first-order valence-corrected chi connectivity index (χ1v) is 9.53. The highest BCUT2D eigenvalue weighted by Crippen LogP contribution is 2.40. The number of rotatable bonds is 2. The Morgan fingerprint density at radius 1 is 0.769 bits per heavy atom. The molecular formula is C26H22. The Bertz CT molecular complexity index is 1060. The van der Waals surface area contributed by atoms with E-state index in [-0.39, 0.29) is 0 Å². The van der Waals surface area contributed by atoms with Crippen molar-refractivity contribution >= 4 is 16.8 Å². The molecule has 0 nitrogen and oxygen atoms in total. The molecule has 0 aromatic heterocycles. The van der Waals surface area contributed by atoms with Crippen LogP contribution in [0.15, 0.2) is 96.1 Å². The summed E-state index contributed by atoms with van der Waals surface area (Å²) in [5.74, 6) is 0.459. The van der Waals surface area contributed by atoms with Crippen LogP contribution in [-0.4, -0.2) is 0 Å². The van der Waals surface area contributed by atoms with Crippen molar-refractivity contribution in [1.29, 1.82) is 0 Å². The summed E-state index contributed by atoms with van der Waals surface area (Å²) in [6, 6.07) is 24.4. The van der Waals surface area contributed by atoms with E-state index in [0.717, 1.165) is 19.3 Å². The molecule has 3 aromatic carbocycles. The molecular weight excluding hydrogens is 312 g/mol. The molecule has 0 radical (unpaired) electrons. The van der Waals surface area contributed by atoms with Crippen LogP contribution in [0.25, 0.3) is 16.8 Å². The van der Waals surface area contributed by atoms with Crippen LogP contribution in [0.5, 0.6) is 0 Å². The van der Waals surface area contributed by atoms with Gasteiger partial charge < -0.3 is 0 Å². The van der Waals surface area contributed by atoms with Gasteiger partial charge in [-0.15, -0.1) is 0 Å². The molecule has 0 spiro atoms. The van der Waals surface area contributed by atoms with E-state index in [4.69, 9.17) is 0 Å². The molecule has 0 fully saturated rings. The molecule has 126 valence electrons. The molecule has 26 heavy (non-hydrogen) atoms. The topological polar surface area (TPSA) is 0 Å². The fraction of sp³-hybridized carbons (Fsp3) is 0.154. The Balaban J connectivity index is 1.56. The van der Waals surface area contributed by atoms with Crippen molar-refractivity contribution < 1.29 is 0 Å². The van der Waals surface area contributed by atoms with Gasteiger partial charge in [-0.25, -0.2) is 0 Å². The first kappa shape index (κ1) is 15.4. The third-order valence-electron chi connectivity index (χ3n) is 5.75. The third kappa shape index (κ3) is 2.72. The lowest BCUT2D eigenvalue weighted by molar-refractivity contribution is 0.783. The van der Waals surface area contributed by atoms with Crippen LogP contribution in [-0.2, 0) is 6.42 Å². The summed E-state index contributed by atoms with van der Waals surface area (Å²) < 4.78 is 0. The maximum atomic E-state index is 2.41. The van der Waals surface area contributed by atoms with Crippen LogP contribution >= 0.6 is 0 Å². The second kappa shape index (κ2) is 6.46. The van der Waals surface area contributed by atoms with E-state index in [1.54, 1.807) is 0 Å². The number of allylic oxidation sites excluding steroid dienone is 5. The van der Waals surface area contributed by atoms with Gasteiger partial charge in [-0.1, -0.05) is 91.0 Å². The minimum atomic E-state index is 0.459. The molecule has 0 saturated heterocycles. The first-order chi connectivity index (χ1) is 12.9. The van der Waals surface area contributed by atoms with Crippen molar-refractivity contribution in [2.24, 2.45) is 0 Å². The molecule has 0 aliphatic heterocycles. The maximum Gasteiger partial charge on any atom is 0.0127 e. The van der Waals surface area contributed by atoms with E-state index >= 15 is 0 Å². The van der Waals surface area contributed by atoms with Gasteiger partial charge in [0, 0.05) is 5.92 Å². The summed E-state index contributed by atoms with van der Waals surface area (Å²) in [7, 11) is 0. The summed E-state index contributed by atoms with van der Waals surface area (Å²) in [5, 5.41) is 2.65. The number of hydrogen-bond donors (Lipinski definition) is 0. The van der Waals surface area contributed by atoms with Crippen LogP contribution in [0.4, 0.5) is 0 Å². The summed E-state index contributed by atoms with van der Waals surface area (Å²) >= 11 is 0. The standard InChI is InChI=1S/C26H22/c1-3-9-21-17-23(15-13-19(21)7-1)25-11-5-6-12-26(25)24-16-14-20-8-2-4-10-22(20)18-24/h1-11,14,16-18,26H,12-13,15H2. The summed E-state index contributed by atoms with van der Waals surface area (Å²) in [5.41, 5.74) is 7.30. The Kier molecular flexibility index (Phi) is 3.83. The molecule has 0 heteroatoms. The highest BCUT2D eigenvalue weighted by Gasteiger charge is 2.22. The number of benzene rings is 3. The first-order valence-electron chi connectivity index (χ1n) is 9.53. The Morgan fingerprint density at radius 2 is 1.62 bits per heavy atom. The Labute approximate surface area is 155 Å². The lowest BCUT2D eigenvalue weighted by atomic mass is 9.77. The zero-order valence-corrected chi connectivity index (χ0v) is 14.9. The normalized spacial score (nSPS) is 19.0. The van der Waals surface area contributed by atoms with Crippen LogP contribution < -0.4 is 0 Å². The van der Waals surface area contributed by atoms with Crippen molar-refractivity contribution in [3.05, 3.63) is 113 Å². The van der Waals surface area contributed by atoms with E-state index in [1.165, 1.54) is 38.6 Å². The van der Waals surface area contributed by atoms with E-state index in [1.807, 2.05) is 0 Å². The zero-order valence-electron chi connectivity index (χ0n) is 14.9. The van der Waals surface area contributed by atoms with Crippen molar-refractivity contribution in [2.45, 2.75) is 25.2 Å². The average molecular weight is 334 g/mol. The molecule has 0 amide bonds. The number of aryl methyl sites for hydroxylation is 1. The molecule has 0 bridgehead atoms. The minimum absolute atomic E-state index is 0.459.